The van der Waals surface area contributed by atoms with Gasteiger partial charge in [0.2, 0.25) is 0 Å². The van der Waals surface area contributed by atoms with Crippen LogP contribution in [0.3, 0.4) is 0 Å². The van der Waals surface area contributed by atoms with E-state index in [1.54, 1.807) is 49.3 Å². The average molecular weight is 483 g/mol. The summed E-state index contributed by atoms with van der Waals surface area (Å²) in [6, 6.07) is 6.38. The van der Waals surface area contributed by atoms with E-state index in [0.717, 1.165) is 28.4 Å². The number of ether oxygens (including phenoxy) is 2. The number of thiazole rings is 1. The number of benzene rings is 1. The summed E-state index contributed by atoms with van der Waals surface area (Å²) in [6.07, 6.45) is 2.17. The van der Waals surface area contributed by atoms with Crippen LogP contribution in [0.2, 0.25) is 0 Å². The van der Waals surface area contributed by atoms with Gasteiger partial charge >= 0.3 is 6.16 Å². The molecule has 0 spiro atoms. The summed E-state index contributed by atoms with van der Waals surface area (Å²) < 4.78 is 34.1. The monoisotopic (exact) mass is 482 g/mol. The normalized spacial score (nSPS) is 16.0. The van der Waals surface area contributed by atoms with E-state index in [1.807, 2.05) is 6.92 Å². The van der Waals surface area contributed by atoms with Crippen LogP contribution in [-0.4, -0.2) is 49.6 Å². The fourth-order valence-corrected chi connectivity index (χ4v) is 4.99. The molecule has 1 fully saturated rings. The lowest BCUT2D eigenvalue weighted by Gasteiger charge is -2.30. The standard InChI is InChI=1S/C22H30N2O6S2/c1-15-19(14-28-17-6-8-18(9-7-17)32(5,26)27)23-20(31-15)16-10-12-24(13-11-16)30-21(25)29-22(2,3)4/h6-9,16H,10-14H2,1-5H3. The van der Waals surface area contributed by atoms with E-state index in [4.69, 9.17) is 19.3 Å². The third-order valence-corrected chi connectivity index (χ3v) is 7.24. The van der Waals surface area contributed by atoms with E-state index in [0.29, 0.717) is 31.4 Å². The quantitative estimate of drug-likeness (QED) is 0.556. The van der Waals surface area contributed by atoms with Crippen LogP contribution in [0.15, 0.2) is 29.2 Å². The molecule has 32 heavy (non-hydrogen) atoms. The highest BCUT2D eigenvalue weighted by Gasteiger charge is 2.27. The Morgan fingerprint density at radius 3 is 2.38 bits per heavy atom. The minimum atomic E-state index is -3.23. The van der Waals surface area contributed by atoms with Gasteiger partial charge in [0.05, 0.1) is 15.6 Å². The molecule has 0 saturated carbocycles. The van der Waals surface area contributed by atoms with Gasteiger partial charge in [-0.15, -0.1) is 16.4 Å². The first-order valence-electron chi connectivity index (χ1n) is 10.5. The van der Waals surface area contributed by atoms with Crippen molar-refractivity contribution in [3.63, 3.8) is 0 Å². The lowest BCUT2D eigenvalue weighted by atomic mass is 9.99. The topological polar surface area (TPSA) is 95.0 Å². The Morgan fingerprint density at radius 1 is 1.19 bits per heavy atom. The zero-order valence-corrected chi connectivity index (χ0v) is 20.7. The van der Waals surface area contributed by atoms with Crippen LogP contribution >= 0.6 is 11.3 Å². The van der Waals surface area contributed by atoms with Crippen molar-refractivity contribution in [1.82, 2.24) is 10.0 Å². The molecule has 1 saturated heterocycles. The maximum Gasteiger partial charge on any atom is 0.528 e. The first-order chi connectivity index (χ1) is 14.9. The molecule has 176 valence electrons. The fourth-order valence-electron chi connectivity index (χ4n) is 3.26. The van der Waals surface area contributed by atoms with Gasteiger partial charge in [0, 0.05) is 30.1 Å². The zero-order valence-electron chi connectivity index (χ0n) is 19.1. The highest BCUT2D eigenvalue weighted by Crippen LogP contribution is 2.33. The Bertz CT molecular complexity index is 1030. The van der Waals surface area contributed by atoms with Gasteiger partial charge in [-0.3, -0.25) is 0 Å². The van der Waals surface area contributed by atoms with E-state index < -0.39 is 21.6 Å². The van der Waals surface area contributed by atoms with Gasteiger partial charge in [0.1, 0.15) is 18.0 Å². The van der Waals surface area contributed by atoms with E-state index in [1.165, 1.54) is 18.4 Å². The number of carbonyl (C=O) groups excluding carboxylic acids is 1. The summed E-state index contributed by atoms with van der Waals surface area (Å²) >= 11 is 1.66. The van der Waals surface area contributed by atoms with Gasteiger partial charge in [-0.1, -0.05) is 0 Å². The molecular formula is C22H30N2O6S2. The average Bonchev–Trinajstić information content (AvgIpc) is 3.06. The molecule has 0 unspecified atom stereocenters. The minimum absolute atomic E-state index is 0.263. The van der Waals surface area contributed by atoms with Gasteiger partial charge in [-0.2, -0.15) is 0 Å². The molecule has 1 aromatic heterocycles. The largest absolute Gasteiger partial charge is 0.528 e. The molecule has 0 amide bonds. The molecule has 1 aromatic carbocycles. The second-order valence-electron chi connectivity index (χ2n) is 8.85. The van der Waals surface area contributed by atoms with E-state index in [9.17, 15) is 13.2 Å². The van der Waals surface area contributed by atoms with Crippen molar-refractivity contribution in [3.8, 4) is 5.75 Å². The Balaban J connectivity index is 1.52. The van der Waals surface area contributed by atoms with Crippen LogP contribution in [0.25, 0.3) is 0 Å². The summed E-state index contributed by atoms with van der Waals surface area (Å²) in [7, 11) is -3.23. The van der Waals surface area contributed by atoms with Crippen LogP contribution in [0.1, 0.15) is 55.1 Å². The van der Waals surface area contributed by atoms with Crippen molar-refractivity contribution in [2.24, 2.45) is 0 Å². The number of sulfone groups is 1. The van der Waals surface area contributed by atoms with E-state index >= 15 is 0 Å². The molecule has 8 nitrogen and oxygen atoms in total. The Labute approximate surface area is 193 Å². The Morgan fingerprint density at radius 2 is 1.81 bits per heavy atom. The number of aryl methyl sites for hydroxylation is 1. The van der Waals surface area contributed by atoms with Gasteiger partial charge in [-0.25, -0.2) is 18.2 Å². The van der Waals surface area contributed by atoms with E-state index in [-0.39, 0.29) is 4.90 Å². The van der Waals surface area contributed by atoms with Crippen molar-refractivity contribution in [2.75, 3.05) is 19.3 Å². The Hall–Kier alpha value is -2.17. The SMILES string of the molecule is Cc1sc(C2CCN(OC(=O)OC(C)(C)C)CC2)nc1COc1ccc(S(C)(=O)=O)cc1. The van der Waals surface area contributed by atoms with Crippen molar-refractivity contribution in [3.05, 3.63) is 39.8 Å². The second-order valence-corrected chi connectivity index (χ2v) is 12.1. The van der Waals surface area contributed by atoms with Crippen molar-refractivity contribution in [2.45, 2.75) is 63.6 Å². The fraction of sp³-hybridized carbons (Fsp3) is 0.545. The molecule has 2 aromatic rings. The molecular weight excluding hydrogens is 452 g/mol. The number of rotatable bonds is 6. The molecule has 2 heterocycles. The number of carbonyl (C=O) groups is 1. The molecule has 10 heteroatoms. The molecule has 1 aliphatic heterocycles. The first-order valence-corrected chi connectivity index (χ1v) is 13.2. The molecule has 0 N–H and O–H groups in total. The third kappa shape index (κ3) is 6.91. The molecule has 0 bridgehead atoms. The molecule has 1 aliphatic rings. The number of hydroxylamine groups is 2. The smallest absolute Gasteiger partial charge is 0.487 e. The van der Waals surface area contributed by atoms with Crippen LogP contribution in [0.4, 0.5) is 4.79 Å². The summed E-state index contributed by atoms with van der Waals surface area (Å²) in [5, 5.41) is 2.71. The predicted molar refractivity (Wildman–Crippen MR) is 122 cm³/mol. The number of hydrogen-bond acceptors (Lipinski definition) is 9. The molecule has 0 radical (unpaired) electrons. The summed E-state index contributed by atoms with van der Waals surface area (Å²) in [5.41, 5.74) is 0.298. The van der Waals surface area contributed by atoms with Gasteiger partial charge in [-0.05, 0) is 64.8 Å². The highest BCUT2D eigenvalue weighted by molar-refractivity contribution is 7.90. The first kappa shape index (κ1) is 24.5. The second kappa shape index (κ2) is 9.76. The third-order valence-electron chi connectivity index (χ3n) is 4.93. The maximum absolute atomic E-state index is 11.8. The summed E-state index contributed by atoms with van der Waals surface area (Å²) in [5.74, 6) is 0.902. The number of aromatic nitrogens is 1. The predicted octanol–water partition coefficient (Wildman–Crippen LogP) is 4.48. The summed E-state index contributed by atoms with van der Waals surface area (Å²) in [6.45, 7) is 9.00. The van der Waals surface area contributed by atoms with Gasteiger partial charge in [0.25, 0.3) is 0 Å². The highest BCUT2D eigenvalue weighted by atomic mass is 32.2. The lowest BCUT2D eigenvalue weighted by Crippen LogP contribution is -2.37. The van der Waals surface area contributed by atoms with Crippen molar-refractivity contribution < 1.29 is 27.5 Å². The number of hydrogen-bond donors (Lipinski definition) is 0. The van der Waals surface area contributed by atoms with Crippen LogP contribution in [0, 0.1) is 6.92 Å². The number of nitrogens with zero attached hydrogens (tertiary/aromatic N) is 2. The van der Waals surface area contributed by atoms with Gasteiger partial charge in [0.15, 0.2) is 9.84 Å². The molecule has 0 aliphatic carbocycles. The van der Waals surface area contributed by atoms with Crippen molar-refractivity contribution >= 4 is 27.3 Å². The summed E-state index contributed by atoms with van der Waals surface area (Å²) in [4.78, 5) is 23.3. The van der Waals surface area contributed by atoms with Crippen molar-refractivity contribution in [1.29, 1.82) is 0 Å². The minimum Gasteiger partial charge on any atom is -0.487 e. The lowest BCUT2D eigenvalue weighted by molar-refractivity contribution is -0.152. The van der Waals surface area contributed by atoms with E-state index in [2.05, 4.69) is 0 Å². The molecule has 0 atom stereocenters. The maximum atomic E-state index is 11.8. The van der Waals surface area contributed by atoms with Crippen LogP contribution in [-0.2, 0) is 26.0 Å². The van der Waals surface area contributed by atoms with Crippen LogP contribution in [0.5, 0.6) is 5.75 Å². The van der Waals surface area contributed by atoms with Crippen LogP contribution < -0.4 is 4.74 Å². The molecule has 3 rings (SSSR count). The zero-order chi connectivity index (χ0) is 23.5. The Kier molecular flexibility index (Phi) is 7.46. The number of piperidine rings is 1. The van der Waals surface area contributed by atoms with Gasteiger partial charge < -0.3 is 14.3 Å².